The first-order valence-corrected chi connectivity index (χ1v) is 11.8. The van der Waals surface area contributed by atoms with E-state index in [1.807, 2.05) is 72.2 Å². The van der Waals surface area contributed by atoms with Gasteiger partial charge in [-0.25, -0.2) is 9.97 Å². The second kappa shape index (κ2) is 9.50. The molecule has 37 heavy (non-hydrogen) atoms. The number of hydrogen-bond donors (Lipinski definition) is 1. The third kappa shape index (κ3) is 4.48. The molecule has 3 aromatic heterocycles. The van der Waals surface area contributed by atoms with Crippen LogP contribution < -0.4 is 5.32 Å². The van der Waals surface area contributed by atoms with Gasteiger partial charge in [-0.1, -0.05) is 36.4 Å². The summed E-state index contributed by atoms with van der Waals surface area (Å²) in [4.78, 5) is 21.6. The fourth-order valence-electron chi connectivity index (χ4n) is 4.12. The van der Waals surface area contributed by atoms with Gasteiger partial charge in [-0.15, -0.1) is 10.2 Å². The fourth-order valence-corrected chi connectivity index (χ4v) is 4.12. The Balaban J connectivity index is 1.10. The Kier molecular flexibility index (Phi) is 5.74. The maximum absolute atomic E-state index is 12.7. The van der Waals surface area contributed by atoms with Crippen molar-refractivity contribution in [1.29, 1.82) is 0 Å². The quantitative estimate of drug-likeness (QED) is 0.340. The maximum atomic E-state index is 12.7. The van der Waals surface area contributed by atoms with Crippen molar-refractivity contribution in [3.63, 3.8) is 0 Å². The first-order chi connectivity index (χ1) is 18.2. The highest BCUT2D eigenvalue weighted by molar-refractivity contribution is 5.94. The third-order valence-corrected chi connectivity index (χ3v) is 6.16. The summed E-state index contributed by atoms with van der Waals surface area (Å²) in [6, 6.07) is 26.7. The van der Waals surface area contributed by atoms with Crippen molar-refractivity contribution in [3.05, 3.63) is 114 Å². The number of carbonyl (C=O) groups excluding carboxylic acids is 1. The monoisotopic (exact) mass is 486 g/mol. The molecule has 3 heterocycles. The number of aromatic nitrogens is 5. The van der Waals surface area contributed by atoms with Gasteiger partial charge in [0.05, 0.1) is 11.0 Å². The minimum Gasteiger partial charge on any atom is -0.416 e. The molecule has 8 heteroatoms. The van der Waals surface area contributed by atoms with E-state index in [4.69, 9.17) is 4.42 Å². The second-order valence-corrected chi connectivity index (χ2v) is 8.62. The minimum atomic E-state index is -0.178. The number of para-hydroxylation sites is 2. The summed E-state index contributed by atoms with van der Waals surface area (Å²) in [5.41, 5.74) is 6.05. The molecule has 0 saturated heterocycles. The van der Waals surface area contributed by atoms with Crippen LogP contribution in [0.1, 0.15) is 21.5 Å². The van der Waals surface area contributed by atoms with Gasteiger partial charge in [0, 0.05) is 29.4 Å². The third-order valence-electron chi connectivity index (χ3n) is 6.16. The molecule has 0 aliphatic carbocycles. The molecule has 6 rings (SSSR count). The summed E-state index contributed by atoms with van der Waals surface area (Å²) >= 11 is 0. The summed E-state index contributed by atoms with van der Waals surface area (Å²) in [5, 5.41) is 11.3. The highest BCUT2D eigenvalue weighted by Gasteiger charge is 2.13. The van der Waals surface area contributed by atoms with E-state index in [9.17, 15) is 4.79 Å². The normalized spacial score (nSPS) is 11.1. The summed E-state index contributed by atoms with van der Waals surface area (Å²) in [6.45, 7) is 2.36. The molecule has 3 aromatic carbocycles. The lowest BCUT2D eigenvalue weighted by Crippen LogP contribution is -2.22. The molecule has 0 unspecified atom stereocenters. The number of hydrogen-bond acceptors (Lipinski definition) is 6. The molecule has 6 aromatic rings. The average Bonchev–Trinajstić information content (AvgIpc) is 3.60. The Bertz CT molecular complexity index is 1700. The van der Waals surface area contributed by atoms with E-state index in [0.29, 0.717) is 23.9 Å². The number of rotatable bonds is 6. The van der Waals surface area contributed by atoms with Crippen LogP contribution in [0.25, 0.3) is 39.8 Å². The van der Waals surface area contributed by atoms with Gasteiger partial charge in [-0.3, -0.25) is 9.36 Å². The van der Waals surface area contributed by atoms with Crippen molar-refractivity contribution in [2.45, 2.75) is 13.5 Å². The van der Waals surface area contributed by atoms with Gasteiger partial charge in [0.2, 0.25) is 11.8 Å². The van der Waals surface area contributed by atoms with E-state index >= 15 is 0 Å². The second-order valence-electron chi connectivity index (χ2n) is 8.62. The number of nitrogens with zero attached hydrogens (tertiary/aromatic N) is 5. The molecule has 1 N–H and O–H groups in total. The predicted octanol–water partition coefficient (Wildman–Crippen LogP) is 5.38. The van der Waals surface area contributed by atoms with Gasteiger partial charge >= 0.3 is 0 Å². The molecule has 8 nitrogen and oxygen atoms in total. The summed E-state index contributed by atoms with van der Waals surface area (Å²) in [6.07, 6.45) is 3.52. The van der Waals surface area contributed by atoms with E-state index in [1.54, 1.807) is 36.8 Å². The highest BCUT2D eigenvalue weighted by atomic mass is 16.4. The molecular formula is C29H22N6O2. The molecule has 0 bridgehead atoms. The molecule has 0 spiro atoms. The Labute approximate surface area is 212 Å². The number of imidazole rings is 1. The summed E-state index contributed by atoms with van der Waals surface area (Å²) in [5.74, 6) is 1.46. The fraction of sp³-hybridized carbons (Fsp3) is 0.0690. The molecule has 0 aliphatic heterocycles. The van der Waals surface area contributed by atoms with Crippen LogP contribution >= 0.6 is 0 Å². The number of carbonyl (C=O) groups is 1. The van der Waals surface area contributed by atoms with Crippen LogP contribution in [-0.2, 0) is 6.54 Å². The van der Waals surface area contributed by atoms with E-state index in [-0.39, 0.29) is 5.91 Å². The number of benzene rings is 3. The van der Waals surface area contributed by atoms with Crippen molar-refractivity contribution in [3.8, 4) is 28.7 Å². The largest absolute Gasteiger partial charge is 0.416 e. The van der Waals surface area contributed by atoms with Crippen molar-refractivity contribution in [2.24, 2.45) is 0 Å². The van der Waals surface area contributed by atoms with E-state index in [2.05, 4.69) is 25.5 Å². The summed E-state index contributed by atoms with van der Waals surface area (Å²) in [7, 11) is 0. The molecule has 0 radical (unpaired) electrons. The van der Waals surface area contributed by atoms with Gasteiger partial charge in [0.15, 0.2) is 0 Å². The number of amides is 1. The average molecular weight is 487 g/mol. The topological polar surface area (TPSA) is 98.7 Å². The first kappa shape index (κ1) is 22.4. The van der Waals surface area contributed by atoms with Gasteiger partial charge in [0.1, 0.15) is 12.1 Å². The van der Waals surface area contributed by atoms with E-state index in [1.165, 1.54) is 0 Å². The molecule has 0 aliphatic rings. The Morgan fingerprint density at radius 2 is 1.65 bits per heavy atom. The number of pyridine rings is 1. The molecule has 0 saturated carbocycles. The van der Waals surface area contributed by atoms with Crippen molar-refractivity contribution in [2.75, 3.05) is 0 Å². The molecular weight excluding hydrogens is 464 g/mol. The van der Waals surface area contributed by atoms with Gasteiger partial charge < -0.3 is 9.73 Å². The number of nitrogens with one attached hydrogen (secondary N) is 1. The standard InChI is InChI=1S/C29H22N6O2/c1-19-6-2-3-7-23(19)29-34-33-28(37-29)22-13-11-21(12-14-22)27(36)31-17-20-10-15-26(30-16-20)35-18-32-24-8-4-5-9-25(24)35/h2-16,18H,17H2,1H3,(H,31,36). The number of aryl methyl sites for hydroxylation is 1. The van der Waals surface area contributed by atoms with Crippen LogP contribution in [0.4, 0.5) is 0 Å². The first-order valence-electron chi connectivity index (χ1n) is 11.8. The Morgan fingerprint density at radius 1 is 0.865 bits per heavy atom. The van der Waals surface area contributed by atoms with Gasteiger partial charge in [0.25, 0.3) is 5.91 Å². The molecule has 1 amide bonds. The highest BCUT2D eigenvalue weighted by Crippen LogP contribution is 2.26. The van der Waals surface area contributed by atoms with E-state index in [0.717, 1.165) is 39.1 Å². The maximum Gasteiger partial charge on any atom is 0.251 e. The zero-order valence-electron chi connectivity index (χ0n) is 20.0. The molecule has 0 atom stereocenters. The predicted molar refractivity (Wildman–Crippen MR) is 140 cm³/mol. The Morgan fingerprint density at radius 3 is 2.46 bits per heavy atom. The molecule has 180 valence electrons. The van der Waals surface area contributed by atoms with Gasteiger partial charge in [-0.05, 0) is 66.6 Å². The van der Waals surface area contributed by atoms with Crippen molar-refractivity contribution < 1.29 is 9.21 Å². The zero-order valence-corrected chi connectivity index (χ0v) is 20.0. The van der Waals surface area contributed by atoms with Crippen LogP contribution in [0.2, 0.25) is 0 Å². The summed E-state index contributed by atoms with van der Waals surface area (Å²) < 4.78 is 7.80. The van der Waals surface area contributed by atoms with Crippen molar-refractivity contribution >= 4 is 16.9 Å². The lowest BCUT2D eigenvalue weighted by atomic mass is 10.1. The van der Waals surface area contributed by atoms with Crippen LogP contribution in [0.3, 0.4) is 0 Å². The van der Waals surface area contributed by atoms with Crippen LogP contribution in [0, 0.1) is 6.92 Å². The van der Waals surface area contributed by atoms with Crippen molar-refractivity contribution in [1.82, 2.24) is 30.0 Å². The van der Waals surface area contributed by atoms with Gasteiger partial charge in [-0.2, -0.15) is 0 Å². The minimum absolute atomic E-state index is 0.178. The zero-order chi connectivity index (χ0) is 25.2. The number of fused-ring (bicyclic) bond motifs is 1. The van der Waals surface area contributed by atoms with E-state index < -0.39 is 0 Å². The SMILES string of the molecule is Cc1ccccc1-c1nnc(-c2ccc(C(=O)NCc3ccc(-n4cnc5ccccc54)nc3)cc2)o1. The molecule has 0 fully saturated rings. The van der Waals surface area contributed by atoms with Crippen LogP contribution in [0.5, 0.6) is 0 Å². The smallest absolute Gasteiger partial charge is 0.251 e. The van der Waals surface area contributed by atoms with Crippen LogP contribution in [0.15, 0.2) is 102 Å². The Hall–Kier alpha value is -5.11. The van der Waals surface area contributed by atoms with Crippen LogP contribution in [-0.4, -0.2) is 30.6 Å². The lowest BCUT2D eigenvalue weighted by Gasteiger charge is -2.07. The lowest BCUT2D eigenvalue weighted by molar-refractivity contribution is 0.0951.